The molecule has 1 fully saturated rings. The average Bonchev–Trinajstić information content (AvgIpc) is 2.47. The standard InChI is InChI=1S/C9H13NO4/c1-4-7(11)9(14-5-2)6-13-8(12)10(9)3/h4H,1,5-6H2,2-3H3. The van der Waals surface area contributed by atoms with Crippen molar-refractivity contribution in [3.63, 3.8) is 0 Å². The minimum absolute atomic E-state index is 0.0823. The summed E-state index contributed by atoms with van der Waals surface area (Å²) in [7, 11) is 1.46. The second-order valence-electron chi connectivity index (χ2n) is 2.90. The molecule has 0 bridgehead atoms. The van der Waals surface area contributed by atoms with Crippen LogP contribution in [0.15, 0.2) is 12.7 Å². The number of cyclic esters (lactones) is 1. The van der Waals surface area contributed by atoms with E-state index < -0.39 is 11.8 Å². The molecule has 5 heteroatoms. The third-order valence-corrected chi connectivity index (χ3v) is 2.16. The topological polar surface area (TPSA) is 55.8 Å². The fourth-order valence-corrected chi connectivity index (χ4v) is 1.34. The van der Waals surface area contributed by atoms with E-state index in [0.717, 1.165) is 11.0 Å². The molecule has 0 aromatic rings. The first-order valence-electron chi connectivity index (χ1n) is 4.30. The van der Waals surface area contributed by atoms with Crippen LogP contribution in [0.4, 0.5) is 4.79 Å². The highest BCUT2D eigenvalue weighted by Gasteiger charge is 2.51. The number of rotatable bonds is 4. The van der Waals surface area contributed by atoms with Gasteiger partial charge in [-0.15, -0.1) is 0 Å². The van der Waals surface area contributed by atoms with Crippen molar-refractivity contribution in [1.82, 2.24) is 4.90 Å². The van der Waals surface area contributed by atoms with Gasteiger partial charge >= 0.3 is 6.09 Å². The fourth-order valence-electron chi connectivity index (χ4n) is 1.34. The zero-order valence-corrected chi connectivity index (χ0v) is 8.28. The fraction of sp³-hybridized carbons (Fsp3) is 0.556. The maximum atomic E-state index is 11.6. The average molecular weight is 199 g/mol. The molecule has 1 atom stereocenters. The molecule has 0 aliphatic carbocycles. The molecular weight excluding hydrogens is 186 g/mol. The number of likely N-dealkylation sites (N-methyl/N-ethyl adjacent to an activating group) is 1. The first-order valence-corrected chi connectivity index (χ1v) is 4.30. The Bertz CT molecular complexity index is 276. The van der Waals surface area contributed by atoms with Gasteiger partial charge in [0.25, 0.3) is 0 Å². The van der Waals surface area contributed by atoms with Crippen LogP contribution in [0.2, 0.25) is 0 Å². The Morgan fingerprint density at radius 2 is 2.50 bits per heavy atom. The van der Waals surface area contributed by atoms with Gasteiger partial charge in [-0.1, -0.05) is 6.58 Å². The highest BCUT2D eigenvalue weighted by molar-refractivity contribution is 5.99. The molecule has 78 valence electrons. The van der Waals surface area contributed by atoms with E-state index in [1.54, 1.807) is 6.92 Å². The number of carbonyl (C=O) groups excluding carboxylic acids is 2. The molecule has 0 saturated carbocycles. The van der Waals surface area contributed by atoms with Crippen LogP contribution in [0.5, 0.6) is 0 Å². The summed E-state index contributed by atoms with van der Waals surface area (Å²) in [6, 6.07) is 0. The van der Waals surface area contributed by atoms with Crippen molar-refractivity contribution in [3.05, 3.63) is 12.7 Å². The lowest BCUT2D eigenvalue weighted by molar-refractivity contribution is -0.155. The molecule has 0 radical (unpaired) electrons. The van der Waals surface area contributed by atoms with Gasteiger partial charge in [0, 0.05) is 13.7 Å². The molecule has 1 saturated heterocycles. The zero-order chi connectivity index (χ0) is 10.8. The Balaban J connectivity index is 2.98. The Morgan fingerprint density at radius 3 is 2.86 bits per heavy atom. The van der Waals surface area contributed by atoms with Crippen LogP contribution in [-0.2, 0) is 14.3 Å². The Labute approximate surface area is 82.3 Å². The van der Waals surface area contributed by atoms with E-state index in [2.05, 4.69) is 6.58 Å². The zero-order valence-electron chi connectivity index (χ0n) is 8.28. The van der Waals surface area contributed by atoms with E-state index in [9.17, 15) is 9.59 Å². The van der Waals surface area contributed by atoms with Crippen LogP contribution >= 0.6 is 0 Å². The predicted molar refractivity (Wildman–Crippen MR) is 48.7 cm³/mol. The summed E-state index contributed by atoms with van der Waals surface area (Å²) in [4.78, 5) is 23.8. The van der Waals surface area contributed by atoms with Crippen molar-refractivity contribution >= 4 is 11.9 Å². The van der Waals surface area contributed by atoms with E-state index in [-0.39, 0.29) is 12.4 Å². The summed E-state index contributed by atoms with van der Waals surface area (Å²) in [5.74, 6) is -0.368. The third-order valence-electron chi connectivity index (χ3n) is 2.16. The number of hydrogen-bond acceptors (Lipinski definition) is 4. The lowest BCUT2D eigenvalue weighted by Crippen LogP contribution is -2.53. The number of nitrogens with zero attached hydrogens (tertiary/aromatic N) is 1. The lowest BCUT2D eigenvalue weighted by atomic mass is 10.1. The van der Waals surface area contributed by atoms with Crippen molar-refractivity contribution in [1.29, 1.82) is 0 Å². The highest BCUT2D eigenvalue weighted by Crippen LogP contribution is 2.25. The van der Waals surface area contributed by atoms with Gasteiger partial charge in [0.2, 0.25) is 11.5 Å². The molecule has 5 nitrogen and oxygen atoms in total. The number of carbonyl (C=O) groups is 2. The lowest BCUT2D eigenvalue weighted by Gasteiger charge is -2.29. The first-order chi connectivity index (χ1) is 6.58. The molecule has 0 aromatic heterocycles. The van der Waals surface area contributed by atoms with Crippen molar-refractivity contribution < 1.29 is 19.1 Å². The smallest absolute Gasteiger partial charge is 0.412 e. The third kappa shape index (κ3) is 1.39. The number of ether oxygens (including phenoxy) is 2. The minimum atomic E-state index is -1.31. The first kappa shape index (κ1) is 10.7. The number of amides is 1. The summed E-state index contributed by atoms with van der Waals surface area (Å²) in [5.41, 5.74) is -1.31. The van der Waals surface area contributed by atoms with Crippen LogP contribution in [0.25, 0.3) is 0 Å². The molecule has 1 aliphatic rings. The molecule has 0 spiro atoms. The molecule has 14 heavy (non-hydrogen) atoms. The Kier molecular flexibility index (Phi) is 2.90. The van der Waals surface area contributed by atoms with E-state index in [4.69, 9.17) is 9.47 Å². The molecule has 0 aromatic carbocycles. The predicted octanol–water partition coefficient (Wildman–Crippen LogP) is 0.556. The van der Waals surface area contributed by atoms with Gasteiger partial charge in [-0.25, -0.2) is 4.79 Å². The largest absolute Gasteiger partial charge is 0.444 e. The van der Waals surface area contributed by atoms with Crippen molar-refractivity contribution in [2.75, 3.05) is 20.3 Å². The molecule has 1 rings (SSSR count). The summed E-state index contributed by atoms with van der Waals surface area (Å²) >= 11 is 0. The van der Waals surface area contributed by atoms with Gasteiger partial charge in [-0.3, -0.25) is 9.69 Å². The van der Waals surface area contributed by atoms with E-state index in [0.29, 0.717) is 6.61 Å². The Hall–Kier alpha value is -1.36. The summed E-state index contributed by atoms with van der Waals surface area (Å²) in [6.45, 7) is 5.35. The Morgan fingerprint density at radius 1 is 1.86 bits per heavy atom. The molecule has 1 unspecified atom stereocenters. The van der Waals surface area contributed by atoms with Crippen molar-refractivity contribution in [2.24, 2.45) is 0 Å². The second kappa shape index (κ2) is 3.79. The number of ketones is 1. The van der Waals surface area contributed by atoms with Crippen molar-refractivity contribution in [2.45, 2.75) is 12.6 Å². The van der Waals surface area contributed by atoms with E-state index in [1.165, 1.54) is 7.05 Å². The summed E-state index contributed by atoms with van der Waals surface area (Å²) < 4.78 is 10.0. The van der Waals surface area contributed by atoms with Crippen LogP contribution in [0.1, 0.15) is 6.92 Å². The van der Waals surface area contributed by atoms with E-state index in [1.807, 2.05) is 0 Å². The summed E-state index contributed by atoms with van der Waals surface area (Å²) in [6.07, 6.45) is 0.572. The molecule has 1 aliphatic heterocycles. The second-order valence-corrected chi connectivity index (χ2v) is 2.90. The normalized spacial score (nSPS) is 26.1. The van der Waals surface area contributed by atoms with Crippen LogP contribution < -0.4 is 0 Å². The van der Waals surface area contributed by atoms with Gasteiger partial charge in [-0.2, -0.15) is 0 Å². The molecule has 1 amide bonds. The van der Waals surface area contributed by atoms with Crippen LogP contribution in [0, 0.1) is 0 Å². The highest BCUT2D eigenvalue weighted by atomic mass is 16.6. The van der Waals surface area contributed by atoms with Crippen LogP contribution in [0.3, 0.4) is 0 Å². The maximum absolute atomic E-state index is 11.6. The van der Waals surface area contributed by atoms with Crippen molar-refractivity contribution in [3.8, 4) is 0 Å². The quantitative estimate of drug-likeness (QED) is 0.621. The van der Waals surface area contributed by atoms with Gasteiger partial charge in [-0.05, 0) is 13.0 Å². The number of hydrogen-bond donors (Lipinski definition) is 0. The van der Waals surface area contributed by atoms with Gasteiger partial charge in [0.1, 0.15) is 6.61 Å². The minimum Gasteiger partial charge on any atom is -0.444 e. The van der Waals surface area contributed by atoms with Gasteiger partial charge in [0.15, 0.2) is 0 Å². The molecule has 1 heterocycles. The maximum Gasteiger partial charge on any atom is 0.412 e. The molecular formula is C9H13NO4. The van der Waals surface area contributed by atoms with E-state index >= 15 is 0 Å². The monoisotopic (exact) mass is 199 g/mol. The molecule has 0 N–H and O–H groups in total. The van der Waals surface area contributed by atoms with Gasteiger partial charge in [0.05, 0.1) is 0 Å². The SMILES string of the molecule is C=CC(=O)C1(OCC)COC(=O)N1C. The van der Waals surface area contributed by atoms with Crippen LogP contribution in [-0.4, -0.2) is 42.8 Å². The summed E-state index contributed by atoms with van der Waals surface area (Å²) in [5, 5.41) is 0. The van der Waals surface area contributed by atoms with Gasteiger partial charge < -0.3 is 9.47 Å².